The summed E-state index contributed by atoms with van der Waals surface area (Å²) in [6.45, 7) is 2.39. The third-order valence-corrected chi connectivity index (χ3v) is 5.72. The lowest BCUT2D eigenvalue weighted by Gasteiger charge is -2.09. The van der Waals surface area contributed by atoms with Crippen molar-refractivity contribution in [3.8, 4) is 5.75 Å². The van der Waals surface area contributed by atoms with Crippen molar-refractivity contribution in [2.24, 2.45) is 4.99 Å². The van der Waals surface area contributed by atoms with Gasteiger partial charge < -0.3 is 14.2 Å². The summed E-state index contributed by atoms with van der Waals surface area (Å²) in [7, 11) is 2.86. The zero-order chi connectivity index (χ0) is 23.8. The summed E-state index contributed by atoms with van der Waals surface area (Å²) in [6.07, 6.45) is 0.582. The van der Waals surface area contributed by atoms with Crippen molar-refractivity contribution < 1.29 is 23.8 Å². The highest BCUT2D eigenvalue weighted by atomic mass is 32.1. The van der Waals surface area contributed by atoms with Crippen LogP contribution < -0.4 is 15.1 Å². The second-order valence-corrected chi connectivity index (χ2v) is 7.86. The molecule has 33 heavy (non-hydrogen) atoms. The second-order valence-electron chi connectivity index (χ2n) is 6.85. The third-order valence-electron chi connectivity index (χ3n) is 4.73. The molecular formula is C24H24N2O6S. The van der Waals surface area contributed by atoms with Crippen LogP contribution in [0.1, 0.15) is 32.5 Å². The molecule has 0 N–H and O–H groups in total. The molecule has 8 nitrogen and oxygen atoms in total. The predicted octanol–water partition coefficient (Wildman–Crippen LogP) is 3.36. The maximum absolute atomic E-state index is 12.8. The zero-order valence-electron chi connectivity index (χ0n) is 18.6. The minimum Gasteiger partial charge on any atom is -0.497 e. The van der Waals surface area contributed by atoms with Crippen LogP contribution in [0.5, 0.6) is 5.75 Å². The SMILES string of the molecule is CCOC(=O)c1ccc(N=c2sc(C(=O)OC)cc(=O)n2CCc2ccc(OC)cc2)cc1. The number of benzene rings is 2. The van der Waals surface area contributed by atoms with E-state index >= 15 is 0 Å². The lowest BCUT2D eigenvalue weighted by Crippen LogP contribution is -2.33. The van der Waals surface area contributed by atoms with Gasteiger partial charge in [-0.1, -0.05) is 23.5 Å². The molecule has 1 heterocycles. The number of carbonyl (C=O) groups excluding carboxylic acids is 2. The minimum atomic E-state index is -0.603. The summed E-state index contributed by atoms with van der Waals surface area (Å²) in [5.41, 5.74) is 1.60. The molecule has 3 rings (SSSR count). The van der Waals surface area contributed by atoms with Crippen molar-refractivity contribution in [2.45, 2.75) is 19.9 Å². The van der Waals surface area contributed by atoms with Gasteiger partial charge in [-0.25, -0.2) is 14.6 Å². The molecule has 0 bridgehead atoms. The Balaban J connectivity index is 1.98. The van der Waals surface area contributed by atoms with Crippen LogP contribution in [0.15, 0.2) is 64.4 Å². The highest BCUT2D eigenvalue weighted by molar-refractivity contribution is 7.11. The fourth-order valence-corrected chi connectivity index (χ4v) is 3.95. The number of esters is 2. The number of nitrogens with zero attached hydrogens (tertiary/aromatic N) is 2. The lowest BCUT2D eigenvalue weighted by molar-refractivity contribution is 0.0525. The molecule has 1 aromatic heterocycles. The van der Waals surface area contributed by atoms with Crippen LogP contribution in [-0.2, 0) is 22.4 Å². The Morgan fingerprint density at radius 2 is 1.70 bits per heavy atom. The maximum Gasteiger partial charge on any atom is 0.348 e. The number of methoxy groups -OCH3 is 2. The molecule has 3 aromatic rings. The van der Waals surface area contributed by atoms with Crippen LogP contribution in [0.4, 0.5) is 5.69 Å². The van der Waals surface area contributed by atoms with E-state index in [1.54, 1.807) is 38.3 Å². The van der Waals surface area contributed by atoms with E-state index in [0.717, 1.165) is 22.6 Å². The minimum absolute atomic E-state index is 0.157. The molecular weight excluding hydrogens is 444 g/mol. The van der Waals surface area contributed by atoms with Crippen LogP contribution in [0, 0.1) is 0 Å². The molecule has 0 saturated heterocycles. The van der Waals surface area contributed by atoms with Gasteiger partial charge in [-0.15, -0.1) is 0 Å². The first-order valence-electron chi connectivity index (χ1n) is 10.2. The van der Waals surface area contributed by atoms with E-state index in [1.165, 1.54) is 17.7 Å². The average Bonchev–Trinajstić information content (AvgIpc) is 2.83. The number of aromatic nitrogens is 1. The zero-order valence-corrected chi connectivity index (χ0v) is 19.4. The lowest BCUT2D eigenvalue weighted by atomic mass is 10.1. The summed E-state index contributed by atoms with van der Waals surface area (Å²) in [4.78, 5) is 41.8. The first kappa shape index (κ1) is 23.9. The van der Waals surface area contributed by atoms with Crippen LogP contribution in [0.2, 0.25) is 0 Å². The van der Waals surface area contributed by atoms with Gasteiger partial charge in [-0.2, -0.15) is 0 Å². The summed E-state index contributed by atoms with van der Waals surface area (Å²) in [6, 6.07) is 15.4. The Kier molecular flexibility index (Phi) is 8.15. The largest absolute Gasteiger partial charge is 0.497 e. The monoisotopic (exact) mass is 468 g/mol. The van der Waals surface area contributed by atoms with Gasteiger partial charge in [-0.3, -0.25) is 9.36 Å². The predicted molar refractivity (Wildman–Crippen MR) is 124 cm³/mol. The molecule has 0 atom stereocenters. The Morgan fingerprint density at radius 3 is 2.30 bits per heavy atom. The third kappa shape index (κ3) is 6.17. The topological polar surface area (TPSA) is 96.2 Å². The number of hydrogen-bond donors (Lipinski definition) is 0. The molecule has 0 aliphatic heterocycles. The van der Waals surface area contributed by atoms with Gasteiger partial charge in [0.2, 0.25) is 0 Å². The van der Waals surface area contributed by atoms with E-state index in [2.05, 4.69) is 4.99 Å². The second kappa shape index (κ2) is 11.2. The van der Waals surface area contributed by atoms with Gasteiger partial charge >= 0.3 is 11.9 Å². The normalized spacial score (nSPS) is 11.2. The molecule has 0 aliphatic carbocycles. The fraction of sp³-hybridized carbons (Fsp3) is 0.250. The van der Waals surface area contributed by atoms with Crippen LogP contribution in [0.3, 0.4) is 0 Å². The standard InChI is InChI=1S/C24H24N2O6S/c1-4-32-22(28)17-7-9-18(10-8-17)25-24-26(21(27)15-20(33-24)23(29)31-3)14-13-16-5-11-19(30-2)12-6-16/h5-12,15H,4,13-14H2,1-3H3. The van der Waals surface area contributed by atoms with Gasteiger partial charge in [0.1, 0.15) is 10.6 Å². The van der Waals surface area contributed by atoms with Crippen molar-refractivity contribution in [2.75, 3.05) is 20.8 Å². The quantitative estimate of drug-likeness (QED) is 0.471. The molecule has 0 amide bonds. The Bertz CT molecular complexity index is 1240. The van der Waals surface area contributed by atoms with Crippen LogP contribution >= 0.6 is 11.3 Å². The first-order chi connectivity index (χ1) is 15.9. The van der Waals surface area contributed by atoms with E-state index in [1.807, 2.05) is 24.3 Å². The molecule has 2 aromatic carbocycles. The van der Waals surface area contributed by atoms with Gasteiger partial charge in [0.05, 0.1) is 32.1 Å². The molecule has 172 valence electrons. The number of ether oxygens (including phenoxy) is 3. The van der Waals surface area contributed by atoms with Crippen molar-refractivity contribution >= 4 is 29.0 Å². The summed E-state index contributed by atoms with van der Waals surface area (Å²) < 4.78 is 16.5. The molecule has 0 spiro atoms. The highest BCUT2D eigenvalue weighted by Gasteiger charge is 2.12. The summed E-state index contributed by atoms with van der Waals surface area (Å²) in [5, 5.41) is 0. The van der Waals surface area contributed by atoms with E-state index in [4.69, 9.17) is 14.2 Å². The van der Waals surface area contributed by atoms with E-state index in [-0.39, 0.29) is 17.0 Å². The Labute approximate surface area is 194 Å². The molecule has 0 unspecified atom stereocenters. The van der Waals surface area contributed by atoms with Crippen LogP contribution in [-0.4, -0.2) is 37.3 Å². The smallest absolute Gasteiger partial charge is 0.348 e. The highest BCUT2D eigenvalue weighted by Crippen LogP contribution is 2.15. The maximum atomic E-state index is 12.8. The number of carbonyl (C=O) groups is 2. The molecule has 9 heteroatoms. The van der Waals surface area contributed by atoms with Crippen molar-refractivity contribution in [3.63, 3.8) is 0 Å². The molecule has 0 fully saturated rings. The fourth-order valence-electron chi connectivity index (χ4n) is 2.99. The van der Waals surface area contributed by atoms with Crippen molar-refractivity contribution in [1.82, 2.24) is 4.57 Å². The van der Waals surface area contributed by atoms with Gasteiger partial charge in [0.25, 0.3) is 5.56 Å². The van der Waals surface area contributed by atoms with Gasteiger partial charge in [-0.05, 0) is 55.3 Å². The molecule has 0 aliphatic rings. The van der Waals surface area contributed by atoms with Crippen molar-refractivity contribution in [3.05, 3.63) is 85.8 Å². The number of aryl methyl sites for hydroxylation is 1. The molecule has 0 saturated carbocycles. The average molecular weight is 469 g/mol. The Hall–Kier alpha value is -3.72. The Morgan fingerprint density at radius 1 is 1.00 bits per heavy atom. The van der Waals surface area contributed by atoms with E-state index < -0.39 is 11.9 Å². The van der Waals surface area contributed by atoms with E-state index in [9.17, 15) is 14.4 Å². The number of rotatable bonds is 8. The number of hydrogen-bond acceptors (Lipinski definition) is 8. The van der Waals surface area contributed by atoms with Crippen LogP contribution in [0.25, 0.3) is 0 Å². The van der Waals surface area contributed by atoms with E-state index in [0.29, 0.717) is 29.0 Å². The first-order valence-corrected chi connectivity index (χ1v) is 11.0. The summed E-state index contributed by atoms with van der Waals surface area (Å²) in [5.74, 6) is -0.271. The molecule has 0 radical (unpaired) electrons. The summed E-state index contributed by atoms with van der Waals surface area (Å²) >= 11 is 1.06. The van der Waals surface area contributed by atoms with Gasteiger partial charge in [0.15, 0.2) is 4.80 Å². The van der Waals surface area contributed by atoms with Crippen molar-refractivity contribution in [1.29, 1.82) is 0 Å². The van der Waals surface area contributed by atoms with Gasteiger partial charge in [0, 0.05) is 12.6 Å².